The average Bonchev–Trinajstić information content (AvgIpc) is 3.00. The molecular formula is C20H22N4O. The van der Waals surface area contributed by atoms with Gasteiger partial charge in [-0.1, -0.05) is 19.1 Å². The standard InChI is InChI=1S/C20H22N4O/c1-2-5-20(25)21-15-8-10-16(11-9-15)23-12-13-24-18-7-4-3-6-17(18)22-19(24)14-23/h3-4,6-11H,2,5,12-14H2,1H3,(H,21,25). The highest BCUT2D eigenvalue weighted by Crippen LogP contribution is 2.25. The molecule has 0 unspecified atom stereocenters. The fourth-order valence-corrected chi connectivity index (χ4v) is 3.39. The van der Waals surface area contributed by atoms with E-state index in [0.29, 0.717) is 6.42 Å². The third kappa shape index (κ3) is 3.09. The Kier molecular flexibility index (Phi) is 4.14. The lowest BCUT2D eigenvalue weighted by molar-refractivity contribution is -0.116. The lowest BCUT2D eigenvalue weighted by Crippen LogP contribution is -2.33. The van der Waals surface area contributed by atoms with Gasteiger partial charge in [0.1, 0.15) is 5.82 Å². The minimum absolute atomic E-state index is 0.0712. The van der Waals surface area contributed by atoms with E-state index in [0.717, 1.165) is 48.8 Å². The highest BCUT2D eigenvalue weighted by molar-refractivity contribution is 5.90. The van der Waals surface area contributed by atoms with Crippen LogP contribution in [0.5, 0.6) is 0 Å². The Morgan fingerprint density at radius 1 is 1.12 bits per heavy atom. The summed E-state index contributed by atoms with van der Waals surface area (Å²) < 4.78 is 2.31. The molecule has 1 aliphatic rings. The minimum Gasteiger partial charge on any atom is -0.362 e. The molecule has 0 saturated carbocycles. The number of nitrogens with one attached hydrogen (secondary N) is 1. The van der Waals surface area contributed by atoms with Crippen molar-refractivity contribution in [1.29, 1.82) is 0 Å². The second-order valence-electron chi connectivity index (χ2n) is 6.43. The predicted octanol–water partition coefficient (Wildman–Crippen LogP) is 3.80. The molecule has 128 valence electrons. The lowest BCUT2D eigenvalue weighted by Gasteiger charge is -2.30. The van der Waals surface area contributed by atoms with Crippen molar-refractivity contribution in [3.8, 4) is 0 Å². The van der Waals surface area contributed by atoms with Gasteiger partial charge < -0.3 is 14.8 Å². The molecule has 2 aromatic carbocycles. The van der Waals surface area contributed by atoms with Crippen molar-refractivity contribution in [2.75, 3.05) is 16.8 Å². The molecule has 1 N–H and O–H groups in total. The topological polar surface area (TPSA) is 50.2 Å². The van der Waals surface area contributed by atoms with Crippen molar-refractivity contribution in [3.05, 3.63) is 54.4 Å². The molecule has 1 amide bonds. The molecular weight excluding hydrogens is 312 g/mol. The Balaban J connectivity index is 1.50. The maximum Gasteiger partial charge on any atom is 0.224 e. The van der Waals surface area contributed by atoms with Crippen LogP contribution < -0.4 is 10.2 Å². The fraction of sp³-hybridized carbons (Fsp3) is 0.300. The number of hydrogen-bond donors (Lipinski definition) is 1. The molecule has 0 atom stereocenters. The molecule has 0 saturated heterocycles. The molecule has 3 aromatic rings. The van der Waals surface area contributed by atoms with Gasteiger partial charge in [0, 0.05) is 30.9 Å². The quantitative estimate of drug-likeness (QED) is 0.789. The first-order valence-electron chi connectivity index (χ1n) is 8.83. The second-order valence-corrected chi connectivity index (χ2v) is 6.43. The van der Waals surface area contributed by atoms with Gasteiger partial charge in [-0.25, -0.2) is 4.98 Å². The van der Waals surface area contributed by atoms with Crippen LogP contribution in [0.2, 0.25) is 0 Å². The van der Waals surface area contributed by atoms with Gasteiger partial charge in [-0.2, -0.15) is 0 Å². The number of anilines is 2. The molecule has 0 fully saturated rings. The number of aromatic nitrogens is 2. The van der Waals surface area contributed by atoms with Gasteiger partial charge in [-0.3, -0.25) is 4.79 Å². The Labute approximate surface area is 147 Å². The number of fused-ring (bicyclic) bond motifs is 3. The highest BCUT2D eigenvalue weighted by atomic mass is 16.1. The molecule has 0 aliphatic carbocycles. The number of carbonyl (C=O) groups excluding carboxylic acids is 1. The van der Waals surface area contributed by atoms with Gasteiger partial charge in [0.2, 0.25) is 5.91 Å². The zero-order valence-electron chi connectivity index (χ0n) is 14.4. The Bertz CT molecular complexity index is 898. The average molecular weight is 334 g/mol. The van der Waals surface area contributed by atoms with Crippen molar-refractivity contribution in [1.82, 2.24) is 9.55 Å². The van der Waals surface area contributed by atoms with Gasteiger partial charge in [0.25, 0.3) is 0 Å². The summed E-state index contributed by atoms with van der Waals surface area (Å²) in [5.74, 6) is 1.18. The predicted molar refractivity (Wildman–Crippen MR) is 101 cm³/mol. The van der Waals surface area contributed by atoms with Crippen molar-refractivity contribution in [2.24, 2.45) is 0 Å². The van der Waals surface area contributed by atoms with E-state index in [-0.39, 0.29) is 5.91 Å². The van der Waals surface area contributed by atoms with E-state index < -0.39 is 0 Å². The first-order chi connectivity index (χ1) is 12.2. The molecule has 0 radical (unpaired) electrons. The number of amides is 1. The largest absolute Gasteiger partial charge is 0.362 e. The maximum atomic E-state index is 11.7. The molecule has 5 nitrogen and oxygen atoms in total. The number of carbonyl (C=O) groups is 1. The van der Waals surface area contributed by atoms with Crippen LogP contribution >= 0.6 is 0 Å². The first kappa shape index (κ1) is 15.7. The van der Waals surface area contributed by atoms with Gasteiger partial charge in [-0.05, 0) is 42.8 Å². The molecule has 25 heavy (non-hydrogen) atoms. The molecule has 5 heteroatoms. The van der Waals surface area contributed by atoms with Gasteiger partial charge in [-0.15, -0.1) is 0 Å². The summed E-state index contributed by atoms with van der Waals surface area (Å²) in [6.07, 6.45) is 1.42. The molecule has 2 heterocycles. The number of para-hydroxylation sites is 2. The number of hydrogen-bond acceptors (Lipinski definition) is 3. The van der Waals surface area contributed by atoms with Crippen LogP contribution in [0.4, 0.5) is 11.4 Å². The Morgan fingerprint density at radius 2 is 1.92 bits per heavy atom. The zero-order valence-corrected chi connectivity index (χ0v) is 14.4. The van der Waals surface area contributed by atoms with E-state index in [1.807, 2.05) is 25.1 Å². The van der Waals surface area contributed by atoms with Gasteiger partial charge >= 0.3 is 0 Å². The third-order valence-electron chi connectivity index (χ3n) is 4.65. The first-order valence-corrected chi connectivity index (χ1v) is 8.83. The maximum absolute atomic E-state index is 11.7. The van der Waals surface area contributed by atoms with Crippen LogP contribution in [0.15, 0.2) is 48.5 Å². The monoisotopic (exact) mass is 334 g/mol. The molecule has 0 spiro atoms. The summed E-state index contributed by atoms with van der Waals surface area (Å²) in [7, 11) is 0. The SMILES string of the molecule is CCCC(=O)Nc1ccc(N2CCn3c(nc4ccccc43)C2)cc1. The molecule has 1 aromatic heterocycles. The fourth-order valence-electron chi connectivity index (χ4n) is 3.39. The summed E-state index contributed by atoms with van der Waals surface area (Å²) in [4.78, 5) is 18.8. The van der Waals surface area contributed by atoms with E-state index in [4.69, 9.17) is 4.98 Å². The number of imidazole rings is 1. The summed E-state index contributed by atoms with van der Waals surface area (Å²) in [5.41, 5.74) is 4.29. The third-order valence-corrected chi connectivity index (χ3v) is 4.65. The van der Waals surface area contributed by atoms with Crippen LogP contribution in [0, 0.1) is 0 Å². The smallest absolute Gasteiger partial charge is 0.224 e. The lowest BCUT2D eigenvalue weighted by atomic mass is 10.2. The van der Waals surface area contributed by atoms with Crippen LogP contribution in [-0.2, 0) is 17.9 Å². The van der Waals surface area contributed by atoms with Crippen LogP contribution in [-0.4, -0.2) is 22.0 Å². The number of rotatable bonds is 4. The number of benzene rings is 2. The summed E-state index contributed by atoms with van der Waals surface area (Å²) in [5, 5.41) is 2.93. The van der Waals surface area contributed by atoms with Crippen LogP contribution in [0.25, 0.3) is 11.0 Å². The summed E-state index contributed by atoms with van der Waals surface area (Å²) >= 11 is 0. The van der Waals surface area contributed by atoms with Gasteiger partial charge in [0.15, 0.2) is 0 Å². The Morgan fingerprint density at radius 3 is 2.72 bits per heavy atom. The van der Waals surface area contributed by atoms with E-state index in [2.05, 4.69) is 45.1 Å². The minimum atomic E-state index is 0.0712. The van der Waals surface area contributed by atoms with Crippen molar-refractivity contribution in [3.63, 3.8) is 0 Å². The molecule has 0 bridgehead atoms. The van der Waals surface area contributed by atoms with E-state index in [1.165, 1.54) is 5.52 Å². The zero-order chi connectivity index (χ0) is 17.2. The number of nitrogens with zero attached hydrogens (tertiary/aromatic N) is 3. The second kappa shape index (κ2) is 6.59. The summed E-state index contributed by atoms with van der Waals surface area (Å²) in [6.45, 7) is 4.70. The van der Waals surface area contributed by atoms with Gasteiger partial charge in [0.05, 0.1) is 17.6 Å². The summed E-state index contributed by atoms with van der Waals surface area (Å²) in [6, 6.07) is 16.4. The van der Waals surface area contributed by atoms with Crippen molar-refractivity contribution >= 4 is 28.3 Å². The Hall–Kier alpha value is -2.82. The van der Waals surface area contributed by atoms with E-state index >= 15 is 0 Å². The highest BCUT2D eigenvalue weighted by Gasteiger charge is 2.20. The van der Waals surface area contributed by atoms with E-state index in [1.54, 1.807) is 0 Å². The van der Waals surface area contributed by atoms with E-state index in [9.17, 15) is 4.79 Å². The normalized spacial score (nSPS) is 13.7. The molecule has 1 aliphatic heterocycles. The van der Waals surface area contributed by atoms with Crippen molar-refractivity contribution < 1.29 is 4.79 Å². The van der Waals surface area contributed by atoms with Crippen LogP contribution in [0.1, 0.15) is 25.6 Å². The van der Waals surface area contributed by atoms with Crippen molar-refractivity contribution in [2.45, 2.75) is 32.9 Å². The molecule has 4 rings (SSSR count). The van der Waals surface area contributed by atoms with Crippen LogP contribution in [0.3, 0.4) is 0 Å².